The summed E-state index contributed by atoms with van der Waals surface area (Å²) in [6.45, 7) is 6.92. The summed E-state index contributed by atoms with van der Waals surface area (Å²) in [6, 6.07) is -9.17. The van der Waals surface area contributed by atoms with E-state index in [1.807, 2.05) is 0 Å². The Labute approximate surface area is 291 Å². The average molecular weight is 717 g/mol. The molecule has 50 heavy (non-hydrogen) atoms. The van der Waals surface area contributed by atoms with Crippen LogP contribution in [0.4, 0.5) is 0 Å². The minimum atomic E-state index is -1.67. The van der Waals surface area contributed by atoms with Crippen LogP contribution in [0.15, 0.2) is 0 Å². The third-order valence-corrected chi connectivity index (χ3v) is 8.53. The Morgan fingerprint density at radius 2 is 1.34 bits per heavy atom. The van der Waals surface area contributed by atoms with E-state index >= 15 is 0 Å². The van der Waals surface area contributed by atoms with Crippen molar-refractivity contribution in [3.8, 4) is 0 Å². The number of amides is 6. The topological polar surface area (TPSA) is 316 Å². The highest BCUT2D eigenvalue weighted by Crippen LogP contribution is 2.20. The summed E-state index contributed by atoms with van der Waals surface area (Å²) in [5.74, 6) is -6.80. The molecule has 0 spiro atoms. The van der Waals surface area contributed by atoms with Crippen molar-refractivity contribution in [2.24, 2.45) is 17.4 Å². The summed E-state index contributed by atoms with van der Waals surface area (Å²) in [5, 5.41) is 51.5. The molecule has 1 heterocycles. The lowest BCUT2D eigenvalue weighted by Crippen LogP contribution is -2.62. The number of hydrogen-bond donors (Lipinski definition) is 11. The molecule has 0 radical (unpaired) electrons. The minimum absolute atomic E-state index is 0.0234. The molecule has 0 aromatic carbocycles. The number of carbonyl (C=O) groups excluding carboxylic acids is 6. The molecule has 1 rings (SSSR count). The van der Waals surface area contributed by atoms with Crippen LogP contribution >= 0.6 is 0 Å². The predicted molar refractivity (Wildman–Crippen MR) is 178 cm³/mol. The predicted octanol–water partition coefficient (Wildman–Crippen LogP) is -4.24. The van der Waals surface area contributed by atoms with Gasteiger partial charge in [0.15, 0.2) is 6.04 Å². The van der Waals surface area contributed by atoms with Gasteiger partial charge < -0.3 is 63.4 Å². The number of nitrogens with zero attached hydrogens (tertiary/aromatic N) is 1. The van der Waals surface area contributed by atoms with Gasteiger partial charge in [-0.25, -0.2) is 4.79 Å². The molecule has 0 saturated carbocycles. The summed E-state index contributed by atoms with van der Waals surface area (Å²) < 4.78 is 0. The molecule has 0 aliphatic carbocycles. The number of hydrogen-bond acceptors (Lipinski definition) is 12. The zero-order chi connectivity index (χ0) is 38.3. The van der Waals surface area contributed by atoms with Gasteiger partial charge in [0.2, 0.25) is 35.4 Å². The molecule has 13 N–H and O–H groups in total. The Kier molecular flexibility index (Phi) is 18.8. The van der Waals surface area contributed by atoms with E-state index in [2.05, 4.69) is 26.6 Å². The first kappa shape index (κ1) is 44.1. The highest BCUT2D eigenvalue weighted by molar-refractivity contribution is 5.97. The third kappa shape index (κ3) is 13.1. The van der Waals surface area contributed by atoms with E-state index in [4.69, 9.17) is 11.5 Å². The van der Waals surface area contributed by atoms with Crippen LogP contribution in [0, 0.1) is 5.92 Å². The molecule has 0 aromatic rings. The van der Waals surface area contributed by atoms with Crippen LogP contribution < -0.4 is 38.1 Å². The third-order valence-electron chi connectivity index (χ3n) is 8.53. The fourth-order valence-corrected chi connectivity index (χ4v) is 5.26. The Morgan fingerprint density at radius 1 is 0.780 bits per heavy atom. The first-order valence-corrected chi connectivity index (χ1v) is 16.9. The first-order valence-electron chi connectivity index (χ1n) is 16.9. The number of aliphatic hydroxyl groups excluding tert-OH is 3. The van der Waals surface area contributed by atoms with Gasteiger partial charge in [-0.2, -0.15) is 0 Å². The van der Waals surface area contributed by atoms with Gasteiger partial charge >= 0.3 is 5.97 Å². The van der Waals surface area contributed by atoms with Crippen LogP contribution in [-0.2, 0) is 33.6 Å². The van der Waals surface area contributed by atoms with Crippen LogP contribution in [0.2, 0.25) is 0 Å². The Morgan fingerprint density at radius 3 is 1.84 bits per heavy atom. The van der Waals surface area contributed by atoms with E-state index in [9.17, 15) is 54.0 Å². The summed E-state index contributed by atoms with van der Waals surface area (Å²) >= 11 is 0. The number of aliphatic carboxylic acids is 1. The van der Waals surface area contributed by atoms with Crippen molar-refractivity contribution in [1.29, 1.82) is 0 Å². The van der Waals surface area contributed by atoms with Gasteiger partial charge in [-0.3, -0.25) is 28.8 Å². The van der Waals surface area contributed by atoms with Crippen molar-refractivity contribution in [2.45, 2.75) is 128 Å². The monoisotopic (exact) mass is 716 g/mol. The number of nitrogens with one attached hydrogen (secondary N) is 5. The highest BCUT2D eigenvalue weighted by atomic mass is 16.4. The van der Waals surface area contributed by atoms with Crippen molar-refractivity contribution in [3.05, 3.63) is 0 Å². The van der Waals surface area contributed by atoms with Gasteiger partial charge in [-0.05, 0) is 65.3 Å². The number of aliphatic hydroxyl groups is 3. The lowest BCUT2D eigenvalue weighted by Gasteiger charge is -2.31. The van der Waals surface area contributed by atoms with E-state index in [0.29, 0.717) is 25.7 Å². The Hall–Kier alpha value is -3.91. The number of carbonyl (C=O) groups is 7. The molecule has 1 aliphatic heterocycles. The smallest absolute Gasteiger partial charge is 0.328 e. The largest absolute Gasteiger partial charge is 0.480 e. The first-order chi connectivity index (χ1) is 23.4. The van der Waals surface area contributed by atoms with Gasteiger partial charge in [0.05, 0.1) is 24.9 Å². The SMILES string of the molecule is CC[C@H](C)[C@H](NC(=O)[C@@H]1CCCN1C(=O)[C@H](CO)NC(=O)[C@H](C)N)C(=O)N[C@H](C(=O)N[C@@H](CCCCN)C(=O)N[C@H](C(=O)O)[C@@H](C)O)[C@@H](C)O. The van der Waals surface area contributed by atoms with Crippen LogP contribution in [-0.4, -0.2) is 141 Å². The van der Waals surface area contributed by atoms with Crippen molar-refractivity contribution in [1.82, 2.24) is 31.5 Å². The number of likely N-dealkylation sites (tertiary alicyclic amines) is 1. The number of carboxylic acid groups (broad SMARTS) is 1. The minimum Gasteiger partial charge on any atom is -0.480 e. The maximum Gasteiger partial charge on any atom is 0.328 e. The van der Waals surface area contributed by atoms with Crippen molar-refractivity contribution >= 4 is 41.4 Å². The molecule has 1 saturated heterocycles. The lowest BCUT2D eigenvalue weighted by molar-refractivity contribution is -0.145. The molecule has 19 heteroatoms. The fourth-order valence-electron chi connectivity index (χ4n) is 5.26. The molecular formula is C31H56N8O11. The van der Waals surface area contributed by atoms with E-state index in [-0.39, 0.29) is 25.9 Å². The van der Waals surface area contributed by atoms with E-state index in [1.165, 1.54) is 25.7 Å². The number of unbranched alkanes of at least 4 members (excludes halogenated alkanes) is 1. The maximum atomic E-state index is 13.6. The molecule has 1 fully saturated rings. The summed E-state index contributed by atoms with van der Waals surface area (Å²) in [7, 11) is 0. The lowest BCUT2D eigenvalue weighted by atomic mass is 9.96. The molecular weight excluding hydrogens is 660 g/mol. The van der Waals surface area contributed by atoms with Gasteiger partial charge in [0.1, 0.15) is 30.2 Å². The highest BCUT2D eigenvalue weighted by Gasteiger charge is 2.40. The molecule has 0 unspecified atom stereocenters. The number of rotatable bonds is 21. The van der Waals surface area contributed by atoms with Gasteiger partial charge in [0.25, 0.3) is 0 Å². The van der Waals surface area contributed by atoms with Gasteiger partial charge in [-0.15, -0.1) is 0 Å². The quantitative estimate of drug-likeness (QED) is 0.0502. The van der Waals surface area contributed by atoms with Gasteiger partial charge in [0, 0.05) is 6.54 Å². The summed E-state index contributed by atoms with van der Waals surface area (Å²) in [4.78, 5) is 91.5. The standard InChI is InChI=1S/C31H56N8O11/c1-6-15(2)22(36-27(45)21-11-9-13-39(21)30(48)20(14-40)35-25(43)16(3)33)28(46)37-23(17(4)41)29(47)34-19(10-7-8-12-32)26(44)38-24(18(5)42)31(49)50/h15-24,40-42H,6-14,32-33H2,1-5H3,(H,34,47)(H,35,43)(H,36,45)(H,37,46)(H,38,44)(H,49,50)/t15-,16-,17+,18+,19-,20-,21-,22-,23-,24-/m0/s1. The fraction of sp³-hybridized carbons (Fsp3) is 0.774. The Balaban J connectivity index is 3.18. The Bertz CT molecular complexity index is 1190. The van der Waals surface area contributed by atoms with Crippen molar-refractivity contribution in [2.75, 3.05) is 19.7 Å². The van der Waals surface area contributed by atoms with Crippen molar-refractivity contribution < 1.29 is 54.0 Å². The molecule has 10 atom stereocenters. The molecule has 6 amide bonds. The summed E-state index contributed by atoms with van der Waals surface area (Å²) in [6.07, 6.45) is -1.05. The second-order valence-corrected chi connectivity index (χ2v) is 12.7. The zero-order valence-corrected chi connectivity index (χ0v) is 29.4. The van der Waals surface area contributed by atoms with Crippen molar-refractivity contribution in [3.63, 3.8) is 0 Å². The van der Waals surface area contributed by atoms with Crippen LogP contribution in [0.1, 0.15) is 73.1 Å². The number of carboxylic acids is 1. The molecule has 286 valence electrons. The van der Waals surface area contributed by atoms with Gasteiger partial charge in [-0.1, -0.05) is 20.3 Å². The second kappa shape index (κ2) is 21.3. The van der Waals surface area contributed by atoms with E-state index in [1.54, 1.807) is 13.8 Å². The molecule has 0 bridgehead atoms. The zero-order valence-electron chi connectivity index (χ0n) is 29.4. The average Bonchev–Trinajstić information content (AvgIpc) is 3.55. The van der Waals surface area contributed by atoms with E-state index < -0.39 is 108 Å². The molecule has 1 aliphatic rings. The normalized spacial score (nSPS) is 19.7. The van der Waals surface area contributed by atoms with Crippen LogP contribution in [0.5, 0.6) is 0 Å². The van der Waals surface area contributed by atoms with E-state index in [0.717, 1.165) is 0 Å². The second-order valence-electron chi connectivity index (χ2n) is 12.7. The maximum absolute atomic E-state index is 13.6. The number of nitrogens with two attached hydrogens (primary N) is 2. The summed E-state index contributed by atoms with van der Waals surface area (Å²) in [5.41, 5.74) is 11.1. The molecule has 0 aromatic heterocycles. The molecule has 19 nitrogen and oxygen atoms in total. The van der Waals surface area contributed by atoms with Crippen LogP contribution in [0.25, 0.3) is 0 Å². The van der Waals surface area contributed by atoms with Crippen LogP contribution in [0.3, 0.4) is 0 Å².